The molecule has 0 saturated carbocycles. The Morgan fingerprint density at radius 1 is 1.00 bits per heavy atom. The second kappa shape index (κ2) is 5.97. The molecule has 2 heterocycles. The minimum absolute atomic E-state index is 0.0181. The summed E-state index contributed by atoms with van der Waals surface area (Å²) < 4.78 is 10.6. The molecule has 114 valence electrons. The molecule has 1 N–H and O–H groups in total. The van der Waals surface area contributed by atoms with E-state index >= 15 is 0 Å². The minimum Gasteiger partial charge on any atom is -0.481 e. The molecule has 7 heteroatoms. The topological polar surface area (TPSA) is 79.3 Å². The summed E-state index contributed by atoms with van der Waals surface area (Å²) in [6, 6.07) is -0.123. The maximum atomic E-state index is 12.4. The largest absolute Gasteiger partial charge is 0.481 e. The van der Waals surface area contributed by atoms with Gasteiger partial charge in [-0.05, 0) is 5.92 Å². The molecule has 2 saturated heterocycles. The van der Waals surface area contributed by atoms with Crippen molar-refractivity contribution in [1.29, 1.82) is 0 Å². The third kappa shape index (κ3) is 2.73. The fraction of sp³-hybridized carbons (Fsp3) is 0.846. The van der Waals surface area contributed by atoms with Crippen LogP contribution in [0.1, 0.15) is 6.92 Å². The third-order valence-corrected chi connectivity index (χ3v) is 4.29. The summed E-state index contributed by atoms with van der Waals surface area (Å²) in [4.78, 5) is 26.8. The highest BCUT2D eigenvalue weighted by Gasteiger charge is 2.42. The number of methoxy groups -OCH3 is 2. The van der Waals surface area contributed by atoms with Crippen LogP contribution < -0.4 is 0 Å². The van der Waals surface area contributed by atoms with E-state index in [0.29, 0.717) is 19.6 Å². The summed E-state index contributed by atoms with van der Waals surface area (Å²) in [5.74, 6) is -1.33. The zero-order chi connectivity index (χ0) is 14.9. The predicted octanol–water partition coefficient (Wildman–Crippen LogP) is 0.105. The molecular weight excluding hydrogens is 264 g/mol. The van der Waals surface area contributed by atoms with E-state index in [1.807, 2.05) is 6.92 Å². The van der Waals surface area contributed by atoms with Crippen molar-refractivity contribution in [3.63, 3.8) is 0 Å². The van der Waals surface area contributed by atoms with Gasteiger partial charge in [-0.3, -0.25) is 4.79 Å². The summed E-state index contributed by atoms with van der Waals surface area (Å²) >= 11 is 0. The van der Waals surface area contributed by atoms with Gasteiger partial charge < -0.3 is 24.4 Å². The number of amides is 2. The van der Waals surface area contributed by atoms with Crippen LogP contribution in [0.25, 0.3) is 0 Å². The van der Waals surface area contributed by atoms with Crippen molar-refractivity contribution in [3.05, 3.63) is 0 Å². The molecule has 7 nitrogen and oxygen atoms in total. The van der Waals surface area contributed by atoms with Crippen LogP contribution in [-0.4, -0.2) is 79.5 Å². The van der Waals surface area contributed by atoms with Crippen LogP contribution in [0.4, 0.5) is 4.79 Å². The fourth-order valence-corrected chi connectivity index (χ4v) is 3.00. The number of carbonyl (C=O) groups excluding carboxylic acids is 1. The van der Waals surface area contributed by atoms with Gasteiger partial charge in [0.1, 0.15) is 12.2 Å². The Kier molecular flexibility index (Phi) is 4.49. The van der Waals surface area contributed by atoms with Gasteiger partial charge in [0.2, 0.25) is 0 Å². The predicted molar refractivity (Wildman–Crippen MR) is 70.4 cm³/mol. The Labute approximate surface area is 118 Å². The average molecular weight is 286 g/mol. The molecule has 2 unspecified atom stereocenters. The highest BCUT2D eigenvalue weighted by Crippen LogP contribution is 2.26. The SMILES string of the molecule is COC1CN(C(=O)N2C[C@@H](C)[C@H](C(=O)O)C2)CC1OC. The van der Waals surface area contributed by atoms with E-state index < -0.39 is 11.9 Å². The van der Waals surface area contributed by atoms with E-state index in [-0.39, 0.29) is 30.7 Å². The first kappa shape index (κ1) is 15.1. The smallest absolute Gasteiger partial charge is 0.320 e. The number of hydrogen-bond acceptors (Lipinski definition) is 4. The average Bonchev–Trinajstić information content (AvgIpc) is 3.00. The van der Waals surface area contributed by atoms with E-state index in [1.165, 1.54) is 0 Å². The number of aliphatic carboxylic acids is 1. The minimum atomic E-state index is -0.834. The number of carboxylic acid groups (broad SMARTS) is 1. The standard InChI is InChI=1S/C13H22N2O5/c1-8-4-14(5-9(8)12(16)17)13(18)15-6-10(19-2)11(7-15)20-3/h8-11H,4-7H2,1-3H3,(H,16,17)/t8-,9-,10?,11?/m1/s1. The van der Waals surface area contributed by atoms with Gasteiger partial charge in [-0.2, -0.15) is 0 Å². The molecule has 0 aromatic rings. The van der Waals surface area contributed by atoms with E-state index in [4.69, 9.17) is 14.6 Å². The Morgan fingerprint density at radius 2 is 1.50 bits per heavy atom. The van der Waals surface area contributed by atoms with Crippen molar-refractivity contribution >= 4 is 12.0 Å². The second-order valence-corrected chi connectivity index (χ2v) is 5.56. The van der Waals surface area contributed by atoms with Gasteiger partial charge in [-0.15, -0.1) is 0 Å². The molecule has 0 radical (unpaired) electrons. The molecule has 2 rings (SSSR count). The van der Waals surface area contributed by atoms with Gasteiger partial charge in [-0.25, -0.2) is 4.79 Å². The maximum Gasteiger partial charge on any atom is 0.320 e. The molecule has 4 atom stereocenters. The van der Waals surface area contributed by atoms with Crippen molar-refractivity contribution in [2.24, 2.45) is 11.8 Å². The van der Waals surface area contributed by atoms with Crippen LogP contribution in [0.15, 0.2) is 0 Å². The lowest BCUT2D eigenvalue weighted by atomic mass is 9.99. The van der Waals surface area contributed by atoms with Crippen LogP contribution in [0.2, 0.25) is 0 Å². The number of urea groups is 1. The molecule has 0 bridgehead atoms. The third-order valence-electron chi connectivity index (χ3n) is 4.29. The number of carboxylic acids is 1. The first-order valence-electron chi connectivity index (χ1n) is 6.80. The number of hydrogen-bond donors (Lipinski definition) is 1. The molecule has 2 amide bonds. The number of ether oxygens (including phenoxy) is 2. The Morgan fingerprint density at radius 3 is 1.90 bits per heavy atom. The Bertz CT molecular complexity index is 377. The molecule has 0 aromatic carbocycles. The quantitative estimate of drug-likeness (QED) is 0.796. The van der Waals surface area contributed by atoms with E-state index in [9.17, 15) is 9.59 Å². The molecule has 20 heavy (non-hydrogen) atoms. The van der Waals surface area contributed by atoms with E-state index in [1.54, 1.807) is 24.0 Å². The molecule has 2 aliphatic heterocycles. The van der Waals surface area contributed by atoms with Crippen LogP contribution in [-0.2, 0) is 14.3 Å². The molecule has 0 aliphatic carbocycles. The second-order valence-electron chi connectivity index (χ2n) is 5.56. The molecule has 0 spiro atoms. The van der Waals surface area contributed by atoms with Gasteiger partial charge in [0.25, 0.3) is 0 Å². The molecular formula is C13H22N2O5. The zero-order valence-electron chi connectivity index (χ0n) is 12.1. The van der Waals surface area contributed by atoms with Crippen LogP contribution in [0.3, 0.4) is 0 Å². The molecule has 0 aromatic heterocycles. The van der Waals surface area contributed by atoms with Crippen molar-refractivity contribution in [1.82, 2.24) is 9.80 Å². The van der Waals surface area contributed by atoms with Gasteiger partial charge >= 0.3 is 12.0 Å². The van der Waals surface area contributed by atoms with Gasteiger partial charge in [-0.1, -0.05) is 6.92 Å². The first-order chi connectivity index (χ1) is 9.47. The maximum absolute atomic E-state index is 12.4. The van der Waals surface area contributed by atoms with Crippen LogP contribution in [0.5, 0.6) is 0 Å². The molecule has 2 fully saturated rings. The van der Waals surface area contributed by atoms with E-state index in [2.05, 4.69) is 0 Å². The lowest BCUT2D eigenvalue weighted by Gasteiger charge is -2.24. The number of rotatable bonds is 3. The monoisotopic (exact) mass is 286 g/mol. The number of carbonyl (C=O) groups is 2. The van der Waals surface area contributed by atoms with Crippen LogP contribution in [0, 0.1) is 11.8 Å². The summed E-state index contributed by atoms with van der Waals surface area (Å²) in [5.41, 5.74) is 0. The van der Waals surface area contributed by atoms with Gasteiger partial charge in [0, 0.05) is 27.3 Å². The highest BCUT2D eigenvalue weighted by atomic mass is 16.5. The van der Waals surface area contributed by atoms with Crippen molar-refractivity contribution in [2.75, 3.05) is 40.4 Å². The number of likely N-dealkylation sites (tertiary alicyclic amines) is 2. The number of nitrogens with zero attached hydrogens (tertiary/aromatic N) is 2. The van der Waals surface area contributed by atoms with Crippen molar-refractivity contribution in [3.8, 4) is 0 Å². The van der Waals surface area contributed by atoms with Crippen molar-refractivity contribution in [2.45, 2.75) is 19.1 Å². The Balaban J connectivity index is 1.98. The molecule has 2 aliphatic rings. The van der Waals surface area contributed by atoms with Crippen molar-refractivity contribution < 1.29 is 24.2 Å². The Hall–Kier alpha value is -1.34. The zero-order valence-corrected chi connectivity index (χ0v) is 12.1. The lowest BCUT2D eigenvalue weighted by Crippen LogP contribution is -2.42. The van der Waals surface area contributed by atoms with Crippen LogP contribution >= 0.6 is 0 Å². The fourth-order valence-electron chi connectivity index (χ4n) is 3.00. The summed E-state index contributed by atoms with van der Waals surface area (Å²) in [5, 5.41) is 9.12. The van der Waals surface area contributed by atoms with Gasteiger partial charge in [0.15, 0.2) is 0 Å². The summed E-state index contributed by atoms with van der Waals surface area (Å²) in [7, 11) is 3.20. The van der Waals surface area contributed by atoms with Gasteiger partial charge in [0.05, 0.1) is 19.0 Å². The highest BCUT2D eigenvalue weighted by molar-refractivity contribution is 5.78. The first-order valence-corrected chi connectivity index (χ1v) is 6.80. The normalized spacial score (nSPS) is 33.8. The van der Waals surface area contributed by atoms with E-state index in [0.717, 1.165) is 0 Å². The lowest BCUT2D eigenvalue weighted by molar-refractivity contribution is -0.142. The summed E-state index contributed by atoms with van der Waals surface area (Å²) in [6.45, 7) is 3.60. The summed E-state index contributed by atoms with van der Waals surface area (Å²) in [6.07, 6.45) is -0.251.